The van der Waals surface area contributed by atoms with Gasteiger partial charge < -0.3 is 4.42 Å². The van der Waals surface area contributed by atoms with E-state index in [0.717, 1.165) is 11.8 Å². The topological polar surface area (TPSA) is 38.9 Å². The number of hydrogen-bond acceptors (Lipinski definition) is 4. The van der Waals surface area contributed by atoms with Crippen LogP contribution in [-0.2, 0) is 11.9 Å². The molecule has 2 aromatic heterocycles. The molecule has 0 aliphatic carbocycles. The molecule has 0 aliphatic heterocycles. The van der Waals surface area contributed by atoms with Crippen molar-refractivity contribution in [2.24, 2.45) is 0 Å². The molecule has 0 aromatic carbocycles. The van der Waals surface area contributed by atoms with Gasteiger partial charge >= 0.3 is 6.18 Å². The van der Waals surface area contributed by atoms with Gasteiger partial charge in [-0.15, -0.1) is 0 Å². The Kier molecular flexibility index (Phi) is 3.82. The lowest BCUT2D eigenvalue weighted by atomic mass is 10.5. The van der Waals surface area contributed by atoms with Crippen LogP contribution in [0.4, 0.5) is 13.2 Å². The highest BCUT2D eigenvalue weighted by atomic mass is 35.5. The SMILES string of the molecule is FC(F)(F)c1nc(Cl)cc(SCc2ccco2)n1. The van der Waals surface area contributed by atoms with Crippen LogP contribution in [0.3, 0.4) is 0 Å². The summed E-state index contributed by atoms with van der Waals surface area (Å²) in [4.78, 5) is 6.55. The maximum Gasteiger partial charge on any atom is 0.451 e. The van der Waals surface area contributed by atoms with Crippen LogP contribution >= 0.6 is 23.4 Å². The first-order valence-electron chi connectivity index (χ1n) is 4.72. The third-order valence-corrected chi connectivity index (χ3v) is 2.99. The lowest BCUT2D eigenvalue weighted by Crippen LogP contribution is -2.11. The molecule has 0 radical (unpaired) electrons. The minimum Gasteiger partial charge on any atom is -0.468 e. The van der Waals surface area contributed by atoms with E-state index in [1.54, 1.807) is 12.1 Å². The molecule has 0 atom stereocenters. The molecule has 8 heteroatoms. The van der Waals surface area contributed by atoms with E-state index in [4.69, 9.17) is 16.0 Å². The molecule has 0 N–H and O–H groups in total. The van der Waals surface area contributed by atoms with Crippen molar-refractivity contribution in [1.82, 2.24) is 9.97 Å². The summed E-state index contributed by atoms with van der Waals surface area (Å²) < 4.78 is 42.4. The van der Waals surface area contributed by atoms with Gasteiger partial charge in [0, 0.05) is 6.07 Å². The first-order chi connectivity index (χ1) is 8.45. The number of furan rings is 1. The van der Waals surface area contributed by atoms with Crippen molar-refractivity contribution in [3.05, 3.63) is 41.2 Å². The van der Waals surface area contributed by atoms with Gasteiger partial charge in [0.25, 0.3) is 0 Å². The fraction of sp³-hybridized carbons (Fsp3) is 0.200. The number of thioether (sulfide) groups is 1. The monoisotopic (exact) mass is 294 g/mol. The van der Waals surface area contributed by atoms with Gasteiger partial charge in [-0.3, -0.25) is 0 Å². The zero-order valence-electron chi connectivity index (χ0n) is 8.74. The predicted molar refractivity (Wildman–Crippen MR) is 60.3 cm³/mol. The minimum absolute atomic E-state index is 0.152. The Labute approximate surface area is 109 Å². The molecule has 2 heterocycles. The van der Waals surface area contributed by atoms with Crippen molar-refractivity contribution in [1.29, 1.82) is 0 Å². The van der Waals surface area contributed by atoms with E-state index in [9.17, 15) is 13.2 Å². The third kappa shape index (κ3) is 3.39. The largest absolute Gasteiger partial charge is 0.468 e. The average molecular weight is 295 g/mol. The molecular formula is C10H6ClF3N2OS. The van der Waals surface area contributed by atoms with E-state index in [2.05, 4.69) is 9.97 Å². The lowest BCUT2D eigenvalue weighted by molar-refractivity contribution is -0.145. The van der Waals surface area contributed by atoms with E-state index in [1.165, 1.54) is 12.3 Å². The van der Waals surface area contributed by atoms with Crippen LogP contribution < -0.4 is 0 Å². The summed E-state index contributed by atoms with van der Waals surface area (Å²) >= 11 is 6.62. The second-order valence-electron chi connectivity index (χ2n) is 3.22. The van der Waals surface area contributed by atoms with Gasteiger partial charge in [-0.1, -0.05) is 23.4 Å². The predicted octanol–water partition coefficient (Wildman–Crippen LogP) is 4.03. The van der Waals surface area contributed by atoms with Crippen molar-refractivity contribution in [2.75, 3.05) is 0 Å². The molecule has 18 heavy (non-hydrogen) atoms. The quantitative estimate of drug-likeness (QED) is 0.633. The van der Waals surface area contributed by atoms with Crippen molar-refractivity contribution < 1.29 is 17.6 Å². The first-order valence-corrected chi connectivity index (χ1v) is 6.08. The number of rotatable bonds is 3. The lowest BCUT2D eigenvalue weighted by Gasteiger charge is -2.06. The number of alkyl halides is 3. The van der Waals surface area contributed by atoms with Crippen LogP contribution in [-0.4, -0.2) is 9.97 Å². The highest BCUT2D eigenvalue weighted by Crippen LogP contribution is 2.30. The van der Waals surface area contributed by atoms with Crippen LogP contribution in [0, 0.1) is 0 Å². The van der Waals surface area contributed by atoms with Crippen LogP contribution in [0.15, 0.2) is 33.9 Å². The van der Waals surface area contributed by atoms with Gasteiger partial charge in [0.2, 0.25) is 5.82 Å². The summed E-state index contributed by atoms with van der Waals surface area (Å²) in [5, 5.41) is -0.0852. The third-order valence-electron chi connectivity index (χ3n) is 1.87. The molecule has 0 amide bonds. The smallest absolute Gasteiger partial charge is 0.451 e. The van der Waals surface area contributed by atoms with E-state index in [0.29, 0.717) is 11.5 Å². The maximum atomic E-state index is 12.5. The molecule has 2 rings (SSSR count). The molecular weight excluding hydrogens is 289 g/mol. The maximum absolute atomic E-state index is 12.5. The van der Waals surface area contributed by atoms with E-state index >= 15 is 0 Å². The minimum atomic E-state index is -4.61. The summed E-state index contributed by atoms with van der Waals surface area (Å²) in [6, 6.07) is 4.70. The Morgan fingerprint density at radius 3 is 2.72 bits per heavy atom. The van der Waals surface area contributed by atoms with Gasteiger partial charge in [0.15, 0.2) is 0 Å². The highest BCUT2D eigenvalue weighted by Gasteiger charge is 2.35. The fourth-order valence-electron chi connectivity index (χ4n) is 1.14. The van der Waals surface area contributed by atoms with E-state index in [-0.39, 0.29) is 10.2 Å². The molecule has 0 bridgehead atoms. The molecule has 0 unspecified atom stereocenters. The Morgan fingerprint density at radius 2 is 2.11 bits per heavy atom. The highest BCUT2D eigenvalue weighted by molar-refractivity contribution is 7.98. The molecule has 0 fully saturated rings. The van der Waals surface area contributed by atoms with Crippen molar-refractivity contribution in [2.45, 2.75) is 17.0 Å². The molecule has 2 aromatic rings. The molecule has 96 valence electrons. The molecule has 0 saturated heterocycles. The van der Waals surface area contributed by atoms with E-state index in [1.807, 2.05) is 0 Å². The zero-order valence-corrected chi connectivity index (χ0v) is 10.3. The molecule has 0 aliphatic rings. The Hall–Kier alpha value is -1.21. The second-order valence-corrected chi connectivity index (χ2v) is 4.60. The first kappa shape index (κ1) is 13.2. The van der Waals surface area contributed by atoms with Crippen LogP contribution in [0.5, 0.6) is 0 Å². The van der Waals surface area contributed by atoms with Crippen LogP contribution in [0.25, 0.3) is 0 Å². The number of aromatic nitrogens is 2. The van der Waals surface area contributed by atoms with Gasteiger partial charge in [-0.05, 0) is 12.1 Å². The molecule has 0 spiro atoms. The number of nitrogens with zero attached hydrogens (tertiary/aromatic N) is 2. The van der Waals surface area contributed by atoms with Gasteiger partial charge in [-0.2, -0.15) is 13.2 Å². The van der Waals surface area contributed by atoms with E-state index < -0.39 is 12.0 Å². The summed E-state index contributed by atoms with van der Waals surface area (Å²) in [6.45, 7) is 0. The summed E-state index contributed by atoms with van der Waals surface area (Å²) in [5.41, 5.74) is 0. The standard InChI is InChI=1S/C10H6ClF3N2OS/c11-7-4-8(16-9(15-7)10(12,13)14)18-5-6-2-1-3-17-6/h1-4H,5H2. The van der Waals surface area contributed by atoms with Gasteiger partial charge in [0.05, 0.1) is 12.0 Å². The van der Waals surface area contributed by atoms with Crippen molar-refractivity contribution >= 4 is 23.4 Å². The van der Waals surface area contributed by atoms with Gasteiger partial charge in [0.1, 0.15) is 15.9 Å². The summed E-state index contributed by atoms with van der Waals surface area (Å²) in [6.07, 6.45) is -3.12. The van der Waals surface area contributed by atoms with Crippen molar-refractivity contribution in [3.63, 3.8) is 0 Å². The average Bonchev–Trinajstić information content (AvgIpc) is 2.77. The van der Waals surface area contributed by atoms with Crippen molar-refractivity contribution in [3.8, 4) is 0 Å². The zero-order chi connectivity index (χ0) is 13.2. The fourth-order valence-corrected chi connectivity index (χ4v) is 2.19. The number of halogens is 4. The summed E-state index contributed by atoms with van der Waals surface area (Å²) in [7, 11) is 0. The van der Waals surface area contributed by atoms with Crippen LogP contribution in [0.2, 0.25) is 5.15 Å². The number of hydrogen-bond donors (Lipinski definition) is 0. The molecule has 0 saturated carbocycles. The second kappa shape index (κ2) is 5.19. The Bertz CT molecular complexity index is 530. The summed E-state index contributed by atoms with van der Waals surface area (Å²) in [5.74, 6) is -0.224. The Balaban J connectivity index is 2.15. The molecule has 3 nitrogen and oxygen atoms in total. The Morgan fingerprint density at radius 1 is 1.33 bits per heavy atom. The van der Waals surface area contributed by atoms with Gasteiger partial charge in [-0.25, -0.2) is 9.97 Å². The normalized spacial score (nSPS) is 11.8. The van der Waals surface area contributed by atoms with Crippen LogP contribution in [0.1, 0.15) is 11.6 Å².